The predicted molar refractivity (Wildman–Crippen MR) is 74.2 cm³/mol. The van der Waals surface area contributed by atoms with E-state index in [2.05, 4.69) is 44.3 Å². The first-order valence-corrected chi connectivity index (χ1v) is 6.93. The highest BCUT2D eigenvalue weighted by atomic mass is 14.9. The molecule has 0 aliphatic heterocycles. The van der Waals surface area contributed by atoms with Crippen molar-refractivity contribution in [2.75, 3.05) is 6.54 Å². The second-order valence-corrected chi connectivity index (χ2v) is 5.71. The Labute approximate surface area is 106 Å². The number of aryl methyl sites for hydroxylation is 1. The SMILES string of the molecule is CCCC1(CNCc2cccc(C)c2C)CC1. The van der Waals surface area contributed by atoms with Crippen molar-refractivity contribution in [3.63, 3.8) is 0 Å². The minimum Gasteiger partial charge on any atom is -0.312 e. The smallest absolute Gasteiger partial charge is 0.0208 e. The van der Waals surface area contributed by atoms with Gasteiger partial charge in [-0.1, -0.05) is 31.5 Å². The summed E-state index contributed by atoms with van der Waals surface area (Å²) >= 11 is 0. The molecule has 0 saturated heterocycles. The van der Waals surface area contributed by atoms with Gasteiger partial charge in [0.2, 0.25) is 0 Å². The molecule has 0 unspecified atom stereocenters. The van der Waals surface area contributed by atoms with Crippen LogP contribution in [0.3, 0.4) is 0 Å². The van der Waals surface area contributed by atoms with E-state index in [1.165, 1.54) is 48.9 Å². The van der Waals surface area contributed by atoms with Gasteiger partial charge < -0.3 is 5.32 Å². The van der Waals surface area contributed by atoms with Crippen molar-refractivity contribution < 1.29 is 0 Å². The summed E-state index contributed by atoms with van der Waals surface area (Å²) in [7, 11) is 0. The van der Waals surface area contributed by atoms with Gasteiger partial charge in [-0.3, -0.25) is 0 Å². The monoisotopic (exact) mass is 231 g/mol. The van der Waals surface area contributed by atoms with Crippen molar-refractivity contribution >= 4 is 0 Å². The zero-order valence-corrected chi connectivity index (χ0v) is 11.5. The van der Waals surface area contributed by atoms with Gasteiger partial charge in [-0.2, -0.15) is 0 Å². The lowest BCUT2D eigenvalue weighted by atomic mass is 10.00. The summed E-state index contributed by atoms with van der Waals surface area (Å²) in [5.74, 6) is 0. The minimum absolute atomic E-state index is 0.659. The molecule has 1 fully saturated rings. The molecule has 1 saturated carbocycles. The lowest BCUT2D eigenvalue weighted by Crippen LogP contribution is -2.24. The lowest BCUT2D eigenvalue weighted by Gasteiger charge is -2.16. The number of hydrogen-bond donors (Lipinski definition) is 1. The molecule has 1 aliphatic carbocycles. The van der Waals surface area contributed by atoms with Crippen molar-refractivity contribution in [3.8, 4) is 0 Å². The van der Waals surface area contributed by atoms with Gasteiger partial charge in [0, 0.05) is 13.1 Å². The van der Waals surface area contributed by atoms with Crippen LogP contribution in [-0.4, -0.2) is 6.54 Å². The molecule has 1 aliphatic rings. The molecule has 1 aromatic carbocycles. The lowest BCUT2D eigenvalue weighted by molar-refractivity contribution is 0.420. The van der Waals surface area contributed by atoms with Gasteiger partial charge in [0.25, 0.3) is 0 Å². The summed E-state index contributed by atoms with van der Waals surface area (Å²) in [5.41, 5.74) is 4.96. The van der Waals surface area contributed by atoms with Gasteiger partial charge in [-0.05, 0) is 55.2 Å². The average molecular weight is 231 g/mol. The summed E-state index contributed by atoms with van der Waals surface area (Å²) in [6, 6.07) is 6.60. The van der Waals surface area contributed by atoms with E-state index in [4.69, 9.17) is 0 Å². The molecule has 0 radical (unpaired) electrons. The summed E-state index contributed by atoms with van der Waals surface area (Å²) in [4.78, 5) is 0. The molecule has 1 heteroatoms. The standard InChI is InChI=1S/C16H25N/c1-4-8-16(9-10-16)12-17-11-15-7-5-6-13(2)14(15)3/h5-7,17H,4,8-12H2,1-3H3. The first kappa shape index (κ1) is 12.6. The Bertz CT molecular complexity index is 377. The Morgan fingerprint density at radius 1 is 1.24 bits per heavy atom. The van der Waals surface area contributed by atoms with Gasteiger partial charge in [-0.25, -0.2) is 0 Å². The second kappa shape index (κ2) is 5.22. The summed E-state index contributed by atoms with van der Waals surface area (Å²) < 4.78 is 0. The fourth-order valence-electron chi connectivity index (χ4n) is 2.69. The molecule has 1 aromatic rings. The molecule has 1 N–H and O–H groups in total. The topological polar surface area (TPSA) is 12.0 Å². The van der Waals surface area contributed by atoms with Crippen molar-refractivity contribution in [1.29, 1.82) is 0 Å². The van der Waals surface area contributed by atoms with Gasteiger partial charge in [0.1, 0.15) is 0 Å². The molecule has 0 bridgehead atoms. The summed E-state index contributed by atoms with van der Waals surface area (Å²) in [5, 5.41) is 3.66. The van der Waals surface area contributed by atoms with Crippen molar-refractivity contribution in [1.82, 2.24) is 5.32 Å². The maximum Gasteiger partial charge on any atom is 0.0208 e. The van der Waals surface area contributed by atoms with E-state index in [1.807, 2.05) is 0 Å². The van der Waals surface area contributed by atoms with Crippen LogP contribution in [0.15, 0.2) is 18.2 Å². The predicted octanol–water partition coefficient (Wildman–Crippen LogP) is 3.97. The molecular formula is C16H25N. The molecular weight excluding hydrogens is 206 g/mol. The summed E-state index contributed by atoms with van der Waals surface area (Å²) in [6.45, 7) is 8.95. The number of rotatable bonds is 6. The Hall–Kier alpha value is -0.820. The molecule has 17 heavy (non-hydrogen) atoms. The van der Waals surface area contributed by atoms with E-state index < -0.39 is 0 Å². The highest BCUT2D eigenvalue weighted by molar-refractivity contribution is 5.32. The Morgan fingerprint density at radius 3 is 2.65 bits per heavy atom. The quantitative estimate of drug-likeness (QED) is 0.781. The van der Waals surface area contributed by atoms with Crippen molar-refractivity contribution in [2.24, 2.45) is 5.41 Å². The number of benzene rings is 1. The zero-order valence-electron chi connectivity index (χ0n) is 11.5. The van der Waals surface area contributed by atoms with Crippen LogP contribution in [0, 0.1) is 19.3 Å². The Morgan fingerprint density at radius 2 is 2.00 bits per heavy atom. The van der Waals surface area contributed by atoms with Crippen LogP contribution in [0.4, 0.5) is 0 Å². The van der Waals surface area contributed by atoms with Gasteiger partial charge in [0.05, 0.1) is 0 Å². The van der Waals surface area contributed by atoms with Gasteiger partial charge in [0.15, 0.2) is 0 Å². The van der Waals surface area contributed by atoms with Crippen LogP contribution in [0.25, 0.3) is 0 Å². The average Bonchev–Trinajstić information content (AvgIpc) is 3.05. The van der Waals surface area contributed by atoms with Crippen molar-refractivity contribution in [3.05, 3.63) is 34.9 Å². The number of hydrogen-bond acceptors (Lipinski definition) is 1. The first-order chi connectivity index (χ1) is 8.17. The Balaban J connectivity index is 1.84. The van der Waals surface area contributed by atoms with Crippen LogP contribution >= 0.6 is 0 Å². The molecule has 0 spiro atoms. The van der Waals surface area contributed by atoms with Gasteiger partial charge >= 0.3 is 0 Å². The molecule has 0 amide bonds. The third-order valence-corrected chi connectivity index (χ3v) is 4.27. The third kappa shape index (κ3) is 3.10. The van der Waals surface area contributed by atoms with Crippen LogP contribution in [0.1, 0.15) is 49.3 Å². The highest BCUT2D eigenvalue weighted by Crippen LogP contribution is 2.48. The van der Waals surface area contributed by atoms with Gasteiger partial charge in [-0.15, -0.1) is 0 Å². The molecule has 0 heterocycles. The van der Waals surface area contributed by atoms with E-state index in [-0.39, 0.29) is 0 Å². The molecule has 1 nitrogen and oxygen atoms in total. The van der Waals surface area contributed by atoms with E-state index in [1.54, 1.807) is 0 Å². The van der Waals surface area contributed by atoms with Crippen LogP contribution < -0.4 is 5.32 Å². The van der Waals surface area contributed by atoms with E-state index in [0.717, 1.165) is 6.54 Å². The molecule has 2 rings (SSSR count). The Kier molecular flexibility index (Phi) is 3.88. The van der Waals surface area contributed by atoms with Crippen molar-refractivity contribution in [2.45, 2.75) is 53.0 Å². The third-order valence-electron chi connectivity index (χ3n) is 4.27. The number of nitrogens with one attached hydrogen (secondary N) is 1. The molecule has 0 aromatic heterocycles. The molecule has 94 valence electrons. The van der Waals surface area contributed by atoms with E-state index >= 15 is 0 Å². The fraction of sp³-hybridized carbons (Fsp3) is 0.625. The van der Waals surface area contributed by atoms with Crippen LogP contribution in [0.2, 0.25) is 0 Å². The van der Waals surface area contributed by atoms with Crippen LogP contribution in [0.5, 0.6) is 0 Å². The first-order valence-electron chi connectivity index (χ1n) is 6.93. The fourth-order valence-corrected chi connectivity index (χ4v) is 2.69. The maximum absolute atomic E-state index is 3.66. The second-order valence-electron chi connectivity index (χ2n) is 5.71. The summed E-state index contributed by atoms with van der Waals surface area (Å²) in [6.07, 6.45) is 5.58. The van der Waals surface area contributed by atoms with Crippen LogP contribution in [-0.2, 0) is 6.54 Å². The van der Waals surface area contributed by atoms with E-state index in [0.29, 0.717) is 5.41 Å². The molecule has 0 atom stereocenters. The maximum atomic E-state index is 3.66. The zero-order chi connectivity index (χ0) is 12.3. The van der Waals surface area contributed by atoms with E-state index in [9.17, 15) is 0 Å². The normalized spacial score (nSPS) is 17.1. The highest BCUT2D eigenvalue weighted by Gasteiger charge is 2.40. The minimum atomic E-state index is 0.659. The largest absolute Gasteiger partial charge is 0.312 e.